The van der Waals surface area contributed by atoms with E-state index in [0.29, 0.717) is 40.0 Å². The first kappa shape index (κ1) is 18.4. The van der Waals surface area contributed by atoms with Crippen LogP contribution in [0.2, 0.25) is 5.02 Å². The van der Waals surface area contributed by atoms with E-state index in [9.17, 15) is 4.79 Å². The number of hydrogen-bond acceptors (Lipinski definition) is 3. The Bertz CT molecular complexity index is 1020. The van der Waals surface area contributed by atoms with Crippen LogP contribution < -0.4 is 10.9 Å². The Morgan fingerprint density at radius 2 is 2.08 bits per heavy atom. The van der Waals surface area contributed by atoms with Crippen LogP contribution in [0.4, 0.5) is 5.69 Å². The first-order valence-electron chi connectivity index (χ1n) is 8.28. The number of nitrogens with one attached hydrogen (secondary N) is 2. The standard InChI is InChI=1S/C19H19ClN4OS/c1-3-24(19(26)22-15-7-5-4-6-12(15)2)11-17-21-16-10-13(20)8-9-14(16)18(25)23-17/h4-10H,3,11H2,1-2H3,(H,22,26)(H,21,23,25). The third-order valence-electron chi connectivity index (χ3n) is 4.11. The monoisotopic (exact) mass is 386 g/mol. The smallest absolute Gasteiger partial charge is 0.258 e. The summed E-state index contributed by atoms with van der Waals surface area (Å²) in [6.45, 7) is 5.09. The number of rotatable bonds is 4. The van der Waals surface area contributed by atoms with E-state index in [-0.39, 0.29) is 5.56 Å². The van der Waals surface area contributed by atoms with Gasteiger partial charge in [0.05, 0.1) is 17.4 Å². The number of aryl methyl sites for hydroxylation is 1. The SMILES string of the molecule is CCN(Cc1nc2cc(Cl)ccc2c(=O)[nH]1)C(=S)Nc1ccccc1C. The minimum Gasteiger partial charge on any atom is -0.342 e. The Morgan fingerprint density at radius 1 is 1.31 bits per heavy atom. The minimum absolute atomic E-state index is 0.185. The molecule has 0 saturated heterocycles. The van der Waals surface area contributed by atoms with Crippen LogP contribution in [0.15, 0.2) is 47.3 Å². The molecule has 2 aromatic carbocycles. The van der Waals surface area contributed by atoms with Crippen LogP contribution in [0.3, 0.4) is 0 Å². The third kappa shape index (κ3) is 4.03. The lowest BCUT2D eigenvalue weighted by Gasteiger charge is -2.24. The first-order chi connectivity index (χ1) is 12.5. The number of H-pyrrole nitrogens is 1. The molecule has 2 N–H and O–H groups in total. The summed E-state index contributed by atoms with van der Waals surface area (Å²) in [5.41, 5.74) is 2.46. The molecule has 7 heteroatoms. The highest BCUT2D eigenvalue weighted by atomic mass is 35.5. The van der Waals surface area contributed by atoms with Gasteiger partial charge in [-0.15, -0.1) is 0 Å². The third-order valence-corrected chi connectivity index (χ3v) is 4.71. The molecule has 5 nitrogen and oxygen atoms in total. The van der Waals surface area contributed by atoms with E-state index in [2.05, 4.69) is 15.3 Å². The minimum atomic E-state index is -0.185. The number of aromatic nitrogens is 2. The number of para-hydroxylation sites is 1. The van der Waals surface area contributed by atoms with Gasteiger partial charge in [-0.1, -0.05) is 29.8 Å². The number of aromatic amines is 1. The molecule has 134 valence electrons. The van der Waals surface area contributed by atoms with Crippen LogP contribution in [0, 0.1) is 6.92 Å². The summed E-state index contributed by atoms with van der Waals surface area (Å²) in [7, 11) is 0. The van der Waals surface area contributed by atoms with E-state index in [1.807, 2.05) is 43.0 Å². The molecule has 0 saturated carbocycles. The van der Waals surface area contributed by atoms with Crippen molar-refractivity contribution in [1.29, 1.82) is 0 Å². The molecule has 0 spiro atoms. The van der Waals surface area contributed by atoms with Crippen molar-refractivity contribution in [2.45, 2.75) is 20.4 Å². The van der Waals surface area contributed by atoms with Gasteiger partial charge >= 0.3 is 0 Å². The molecule has 3 rings (SSSR count). The molecule has 1 aromatic heterocycles. The van der Waals surface area contributed by atoms with E-state index in [1.165, 1.54) is 0 Å². The Kier molecular flexibility index (Phi) is 5.54. The highest BCUT2D eigenvalue weighted by molar-refractivity contribution is 7.80. The normalized spacial score (nSPS) is 10.7. The summed E-state index contributed by atoms with van der Waals surface area (Å²) in [5.74, 6) is 0.542. The molecule has 0 fully saturated rings. The van der Waals surface area contributed by atoms with E-state index in [0.717, 1.165) is 11.3 Å². The maximum absolute atomic E-state index is 12.3. The van der Waals surface area contributed by atoms with Gasteiger partial charge in [0.2, 0.25) is 0 Å². The lowest BCUT2D eigenvalue weighted by atomic mass is 10.2. The maximum atomic E-state index is 12.3. The van der Waals surface area contributed by atoms with Gasteiger partial charge in [-0.3, -0.25) is 4.79 Å². The van der Waals surface area contributed by atoms with Gasteiger partial charge in [0.15, 0.2) is 5.11 Å². The van der Waals surface area contributed by atoms with E-state index < -0.39 is 0 Å². The largest absolute Gasteiger partial charge is 0.342 e. The molecule has 0 amide bonds. The number of nitrogens with zero attached hydrogens (tertiary/aromatic N) is 2. The zero-order valence-electron chi connectivity index (χ0n) is 14.5. The second kappa shape index (κ2) is 7.85. The summed E-state index contributed by atoms with van der Waals surface area (Å²) >= 11 is 11.6. The van der Waals surface area contributed by atoms with Gasteiger partial charge in [0, 0.05) is 17.3 Å². The van der Waals surface area contributed by atoms with Crippen molar-refractivity contribution in [1.82, 2.24) is 14.9 Å². The highest BCUT2D eigenvalue weighted by Crippen LogP contribution is 2.16. The van der Waals surface area contributed by atoms with Crippen molar-refractivity contribution in [2.75, 3.05) is 11.9 Å². The van der Waals surface area contributed by atoms with Gasteiger partial charge in [0.25, 0.3) is 5.56 Å². The molecule has 0 atom stereocenters. The second-order valence-electron chi connectivity index (χ2n) is 5.93. The molecule has 0 aliphatic heterocycles. The Hall–Kier alpha value is -2.44. The van der Waals surface area contributed by atoms with E-state index >= 15 is 0 Å². The summed E-state index contributed by atoms with van der Waals surface area (Å²) in [4.78, 5) is 21.6. The number of halogens is 1. The molecule has 26 heavy (non-hydrogen) atoms. The zero-order valence-corrected chi connectivity index (χ0v) is 16.1. The number of thiocarbonyl (C=S) groups is 1. The zero-order chi connectivity index (χ0) is 18.7. The van der Waals surface area contributed by atoms with Gasteiger partial charge in [-0.25, -0.2) is 4.98 Å². The van der Waals surface area contributed by atoms with Gasteiger partial charge in [0.1, 0.15) is 5.82 Å². The van der Waals surface area contributed by atoms with Crippen molar-refractivity contribution in [3.63, 3.8) is 0 Å². The quantitative estimate of drug-likeness (QED) is 0.661. The first-order valence-corrected chi connectivity index (χ1v) is 9.06. The summed E-state index contributed by atoms with van der Waals surface area (Å²) in [6, 6.07) is 13.0. The fraction of sp³-hybridized carbons (Fsp3) is 0.211. The second-order valence-corrected chi connectivity index (χ2v) is 6.76. The van der Waals surface area contributed by atoms with Crippen molar-refractivity contribution in [3.05, 3.63) is 69.2 Å². The number of benzene rings is 2. The number of fused-ring (bicyclic) bond motifs is 1. The van der Waals surface area contributed by atoms with Crippen molar-refractivity contribution in [2.24, 2.45) is 0 Å². The number of anilines is 1. The van der Waals surface area contributed by atoms with E-state index in [4.69, 9.17) is 23.8 Å². The fourth-order valence-electron chi connectivity index (χ4n) is 2.65. The Labute approximate surface area is 162 Å². The molecule has 0 bridgehead atoms. The average molecular weight is 387 g/mol. The molecule has 0 aliphatic rings. The molecule has 3 aromatic rings. The predicted octanol–water partition coefficient (Wildman–Crippen LogP) is 4.10. The van der Waals surface area contributed by atoms with Crippen molar-refractivity contribution < 1.29 is 0 Å². The highest BCUT2D eigenvalue weighted by Gasteiger charge is 2.12. The van der Waals surface area contributed by atoms with Crippen LogP contribution in [-0.4, -0.2) is 26.5 Å². The Morgan fingerprint density at radius 3 is 2.81 bits per heavy atom. The summed E-state index contributed by atoms with van der Waals surface area (Å²) in [6.07, 6.45) is 0. The summed E-state index contributed by atoms with van der Waals surface area (Å²) < 4.78 is 0. The lowest BCUT2D eigenvalue weighted by Crippen LogP contribution is -2.35. The molecule has 0 unspecified atom stereocenters. The van der Waals surface area contributed by atoms with E-state index in [1.54, 1.807) is 18.2 Å². The molecule has 0 radical (unpaired) electrons. The van der Waals surface area contributed by atoms with Crippen LogP contribution in [0.5, 0.6) is 0 Å². The Balaban J connectivity index is 1.83. The fourth-order valence-corrected chi connectivity index (χ4v) is 3.12. The van der Waals surface area contributed by atoms with Crippen LogP contribution >= 0.6 is 23.8 Å². The van der Waals surface area contributed by atoms with Gasteiger partial charge in [-0.2, -0.15) is 0 Å². The molecule has 1 heterocycles. The average Bonchev–Trinajstić information content (AvgIpc) is 2.61. The topological polar surface area (TPSA) is 61.0 Å². The predicted molar refractivity (Wildman–Crippen MR) is 111 cm³/mol. The summed E-state index contributed by atoms with van der Waals surface area (Å²) in [5, 5.41) is 4.90. The molecular weight excluding hydrogens is 368 g/mol. The van der Waals surface area contributed by atoms with Crippen LogP contribution in [0.25, 0.3) is 10.9 Å². The van der Waals surface area contributed by atoms with Gasteiger partial charge in [-0.05, 0) is 55.9 Å². The number of hydrogen-bond donors (Lipinski definition) is 2. The van der Waals surface area contributed by atoms with Crippen LogP contribution in [-0.2, 0) is 6.54 Å². The molecular formula is C19H19ClN4OS. The van der Waals surface area contributed by atoms with Crippen molar-refractivity contribution in [3.8, 4) is 0 Å². The lowest BCUT2D eigenvalue weighted by molar-refractivity contribution is 0.429. The van der Waals surface area contributed by atoms with Gasteiger partial charge < -0.3 is 15.2 Å². The maximum Gasteiger partial charge on any atom is 0.258 e. The van der Waals surface area contributed by atoms with Crippen molar-refractivity contribution >= 4 is 45.5 Å². The molecule has 0 aliphatic carbocycles. The van der Waals surface area contributed by atoms with Crippen LogP contribution in [0.1, 0.15) is 18.3 Å².